The van der Waals surface area contributed by atoms with Crippen molar-refractivity contribution in [3.05, 3.63) is 37.3 Å². The number of hydrogen-bond donors (Lipinski definition) is 1. The van der Waals surface area contributed by atoms with E-state index in [4.69, 9.17) is 4.74 Å². The minimum absolute atomic E-state index is 0.136. The molecule has 116 valence electrons. The number of hydrogen-bond acceptors (Lipinski definition) is 5. The normalized spacial score (nSPS) is 16.7. The summed E-state index contributed by atoms with van der Waals surface area (Å²) in [5.41, 5.74) is 0.0672. The lowest BCUT2D eigenvalue weighted by Gasteiger charge is -2.25. The van der Waals surface area contributed by atoms with Crippen molar-refractivity contribution in [1.82, 2.24) is 9.55 Å². The number of benzene rings is 1. The van der Waals surface area contributed by atoms with E-state index in [0.29, 0.717) is 24.2 Å². The Balaban J connectivity index is 2.09. The minimum Gasteiger partial charge on any atom is -0.466 e. The summed E-state index contributed by atoms with van der Waals surface area (Å²) in [6.07, 6.45) is 0.200. The minimum atomic E-state index is -0.654. The molecule has 1 aromatic heterocycles. The van der Waals surface area contributed by atoms with Crippen molar-refractivity contribution in [3.63, 3.8) is 0 Å². The molecule has 22 heavy (non-hydrogen) atoms. The van der Waals surface area contributed by atoms with Crippen LogP contribution in [0.2, 0.25) is 0 Å². The zero-order valence-corrected chi connectivity index (χ0v) is 14.1. The lowest BCUT2D eigenvalue weighted by molar-refractivity contribution is -0.143. The van der Waals surface area contributed by atoms with Crippen molar-refractivity contribution in [2.24, 2.45) is 0 Å². The molecule has 1 aliphatic rings. The van der Waals surface area contributed by atoms with Crippen LogP contribution in [0.4, 0.5) is 0 Å². The summed E-state index contributed by atoms with van der Waals surface area (Å²) in [7, 11) is 0. The van der Waals surface area contributed by atoms with E-state index >= 15 is 0 Å². The molecule has 6 nitrogen and oxygen atoms in total. The smallest absolute Gasteiger partial charge is 0.316 e. The van der Waals surface area contributed by atoms with Gasteiger partial charge in [0.05, 0.1) is 24.1 Å². The maximum atomic E-state index is 12.1. The fraction of sp³-hybridized carbons (Fsp3) is 0.357. The fourth-order valence-electron chi connectivity index (χ4n) is 2.54. The van der Waals surface area contributed by atoms with Gasteiger partial charge < -0.3 is 9.72 Å². The highest BCUT2D eigenvalue weighted by Crippen LogP contribution is 2.37. The van der Waals surface area contributed by atoms with Crippen LogP contribution in [0.1, 0.15) is 13.3 Å². The topological polar surface area (TPSA) is 81.2 Å². The van der Waals surface area contributed by atoms with E-state index in [9.17, 15) is 14.4 Å². The Morgan fingerprint density at radius 3 is 3.00 bits per heavy atom. The predicted octanol–water partition coefficient (Wildman–Crippen LogP) is 1.88. The molecule has 8 heteroatoms. The third-order valence-electron chi connectivity index (χ3n) is 3.38. The van der Waals surface area contributed by atoms with Crippen LogP contribution in [0.5, 0.6) is 0 Å². The number of nitrogens with one attached hydrogen (secondary N) is 1. The highest BCUT2D eigenvalue weighted by Gasteiger charge is 2.26. The molecule has 0 radical (unpaired) electrons. The van der Waals surface area contributed by atoms with Crippen molar-refractivity contribution in [2.75, 3.05) is 6.61 Å². The monoisotopic (exact) mass is 384 g/mol. The Hall–Kier alpha value is -1.54. The van der Waals surface area contributed by atoms with Crippen LogP contribution in [0.15, 0.2) is 31.1 Å². The van der Waals surface area contributed by atoms with Gasteiger partial charge in [0.2, 0.25) is 0 Å². The molecule has 0 bridgehead atoms. The van der Waals surface area contributed by atoms with Gasteiger partial charge >= 0.3 is 17.1 Å². The number of carbonyl (C=O) groups is 1. The number of thioether (sulfide) groups is 1. The summed E-state index contributed by atoms with van der Waals surface area (Å²) in [4.78, 5) is 39.1. The van der Waals surface area contributed by atoms with Gasteiger partial charge in [-0.3, -0.25) is 19.0 Å². The SMILES string of the molecule is CCOC(=O)CC1Cn2c(=O)c(=O)[nH]c3cc(Br)cc(c32)S1. The number of ether oxygens (including phenoxy) is 1. The summed E-state index contributed by atoms with van der Waals surface area (Å²) in [5, 5.41) is -0.136. The number of esters is 1. The molecular formula is C14H13BrN2O4S. The zero-order chi connectivity index (χ0) is 15.9. The largest absolute Gasteiger partial charge is 0.466 e. The lowest BCUT2D eigenvalue weighted by atomic mass is 10.2. The molecule has 3 rings (SSSR count). The van der Waals surface area contributed by atoms with Gasteiger partial charge in [0.25, 0.3) is 0 Å². The number of H-pyrrole nitrogens is 1. The van der Waals surface area contributed by atoms with Crippen molar-refractivity contribution in [3.8, 4) is 0 Å². The Bertz CT molecular complexity index is 873. The van der Waals surface area contributed by atoms with Crippen LogP contribution in [-0.4, -0.2) is 27.4 Å². The molecule has 0 aliphatic carbocycles. The molecule has 0 saturated carbocycles. The van der Waals surface area contributed by atoms with Crippen LogP contribution < -0.4 is 11.1 Å². The van der Waals surface area contributed by atoms with Crippen molar-refractivity contribution < 1.29 is 9.53 Å². The summed E-state index contributed by atoms with van der Waals surface area (Å²) < 4.78 is 7.23. The Morgan fingerprint density at radius 2 is 2.27 bits per heavy atom. The Morgan fingerprint density at radius 1 is 1.50 bits per heavy atom. The number of rotatable bonds is 3. The highest BCUT2D eigenvalue weighted by atomic mass is 79.9. The fourth-order valence-corrected chi connectivity index (χ4v) is 4.48. The van der Waals surface area contributed by atoms with Crippen molar-refractivity contribution >= 4 is 44.7 Å². The maximum Gasteiger partial charge on any atom is 0.316 e. The van der Waals surface area contributed by atoms with Crippen LogP contribution in [0, 0.1) is 0 Å². The highest BCUT2D eigenvalue weighted by molar-refractivity contribution is 9.10. The maximum absolute atomic E-state index is 12.1. The molecule has 1 N–H and O–H groups in total. The van der Waals surface area contributed by atoms with E-state index in [1.165, 1.54) is 16.3 Å². The second kappa shape index (κ2) is 5.92. The Labute approximate surface area is 138 Å². The van der Waals surface area contributed by atoms with E-state index in [-0.39, 0.29) is 17.6 Å². The van der Waals surface area contributed by atoms with E-state index in [0.717, 1.165) is 9.37 Å². The molecular weight excluding hydrogens is 372 g/mol. The quantitative estimate of drug-likeness (QED) is 0.645. The molecule has 1 unspecified atom stereocenters. The molecule has 0 fully saturated rings. The van der Waals surface area contributed by atoms with Crippen LogP contribution >= 0.6 is 27.7 Å². The van der Waals surface area contributed by atoms with E-state index in [1.807, 2.05) is 6.07 Å². The van der Waals surface area contributed by atoms with Gasteiger partial charge in [-0.2, -0.15) is 0 Å². The van der Waals surface area contributed by atoms with Crippen molar-refractivity contribution in [2.45, 2.75) is 30.0 Å². The van der Waals surface area contributed by atoms with Gasteiger partial charge in [-0.15, -0.1) is 11.8 Å². The van der Waals surface area contributed by atoms with Gasteiger partial charge in [0.15, 0.2) is 0 Å². The van der Waals surface area contributed by atoms with Gasteiger partial charge in [-0.25, -0.2) is 0 Å². The standard InChI is InChI=1S/C14H13BrN2O4S/c1-2-21-11(18)5-8-6-17-12-9(16-13(19)14(17)20)3-7(15)4-10(12)22-8/h3-4,8H,2,5-6H2,1H3,(H,16,19). The molecule has 2 heterocycles. The summed E-state index contributed by atoms with van der Waals surface area (Å²) in [6.45, 7) is 2.40. The van der Waals surface area contributed by atoms with Crippen LogP contribution in [0.25, 0.3) is 11.0 Å². The van der Waals surface area contributed by atoms with Gasteiger partial charge in [0, 0.05) is 21.2 Å². The molecule has 2 aromatic rings. The number of aromatic amines is 1. The van der Waals surface area contributed by atoms with E-state index < -0.39 is 11.1 Å². The first-order valence-electron chi connectivity index (χ1n) is 6.78. The second-order valence-electron chi connectivity index (χ2n) is 4.92. The first kappa shape index (κ1) is 15.4. The molecule has 1 aliphatic heterocycles. The van der Waals surface area contributed by atoms with E-state index in [1.54, 1.807) is 13.0 Å². The molecule has 0 saturated heterocycles. The van der Waals surface area contributed by atoms with Crippen LogP contribution in [-0.2, 0) is 16.1 Å². The van der Waals surface area contributed by atoms with Gasteiger partial charge in [0.1, 0.15) is 0 Å². The van der Waals surface area contributed by atoms with Crippen LogP contribution in [0.3, 0.4) is 0 Å². The van der Waals surface area contributed by atoms with Gasteiger partial charge in [-0.1, -0.05) is 15.9 Å². The average Bonchev–Trinajstić information content (AvgIpc) is 2.43. The number of nitrogens with zero attached hydrogens (tertiary/aromatic N) is 1. The summed E-state index contributed by atoms with van der Waals surface area (Å²) >= 11 is 4.92. The third kappa shape index (κ3) is 2.72. The second-order valence-corrected chi connectivity index (χ2v) is 7.18. The van der Waals surface area contributed by atoms with Crippen molar-refractivity contribution in [1.29, 1.82) is 0 Å². The summed E-state index contributed by atoms with van der Waals surface area (Å²) in [6, 6.07) is 3.65. The molecule has 1 aromatic carbocycles. The number of halogens is 1. The molecule has 0 amide bonds. The Kier molecular flexibility index (Phi) is 4.14. The van der Waals surface area contributed by atoms with E-state index in [2.05, 4.69) is 20.9 Å². The number of aromatic nitrogens is 2. The predicted molar refractivity (Wildman–Crippen MR) is 87.4 cm³/mol. The first-order valence-corrected chi connectivity index (χ1v) is 8.45. The molecule has 1 atom stereocenters. The zero-order valence-electron chi connectivity index (χ0n) is 11.7. The third-order valence-corrected chi connectivity index (χ3v) is 5.05. The van der Waals surface area contributed by atoms with Gasteiger partial charge in [-0.05, 0) is 19.1 Å². The molecule has 0 spiro atoms. The average molecular weight is 385 g/mol. The lowest BCUT2D eigenvalue weighted by Crippen LogP contribution is -2.40. The number of carbonyl (C=O) groups excluding carboxylic acids is 1. The first-order chi connectivity index (χ1) is 10.5. The summed E-state index contributed by atoms with van der Waals surface area (Å²) in [5.74, 6) is -0.299.